The summed E-state index contributed by atoms with van der Waals surface area (Å²) in [6.07, 6.45) is 1.74. The molecule has 2 aliphatic heterocycles. The van der Waals surface area contributed by atoms with Gasteiger partial charge in [0.1, 0.15) is 5.82 Å². The molecule has 2 aliphatic rings. The highest BCUT2D eigenvalue weighted by Crippen LogP contribution is 2.33. The molecule has 132 valence electrons. The fraction of sp³-hybridized carbons (Fsp3) is 0.474. The van der Waals surface area contributed by atoms with Gasteiger partial charge in [-0.2, -0.15) is 4.98 Å². The van der Waals surface area contributed by atoms with Crippen molar-refractivity contribution in [3.05, 3.63) is 41.6 Å². The van der Waals surface area contributed by atoms with Crippen molar-refractivity contribution in [3.63, 3.8) is 0 Å². The van der Waals surface area contributed by atoms with Crippen LogP contribution >= 0.6 is 0 Å². The minimum atomic E-state index is -0.360. The van der Waals surface area contributed by atoms with E-state index < -0.39 is 0 Å². The van der Waals surface area contributed by atoms with Gasteiger partial charge in [-0.1, -0.05) is 17.7 Å². The normalized spacial score (nSPS) is 19.4. The number of aromatic nitrogens is 2. The van der Waals surface area contributed by atoms with Crippen molar-refractivity contribution in [1.29, 1.82) is 0 Å². The van der Waals surface area contributed by atoms with E-state index in [2.05, 4.69) is 34.3 Å². The van der Waals surface area contributed by atoms with E-state index in [0.29, 0.717) is 19.2 Å². The minimum absolute atomic E-state index is 0.360. The van der Waals surface area contributed by atoms with Gasteiger partial charge in [0.2, 0.25) is 5.95 Å². The number of anilines is 3. The molecular weight excluding hydrogens is 316 g/mol. The van der Waals surface area contributed by atoms with E-state index in [1.807, 2.05) is 25.1 Å². The van der Waals surface area contributed by atoms with E-state index in [1.54, 1.807) is 0 Å². The van der Waals surface area contributed by atoms with E-state index >= 15 is 0 Å². The summed E-state index contributed by atoms with van der Waals surface area (Å²) in [6, 6.07) is 10.3. The fourth-order valence-electron chi connectivity index (χ4n) is 3.40. The number of nitrogens with one attached hydrogen (secondary N) is 1. The Morgan fingerprint density at radius 2 is 1.68 bits per heavy atom. The zero-order valence-electron chi connectivity index (χ0n) is 14.8. The highest BCUT2D eigenvalue weighted by molar-refractivity contribution is 5.56. The molecule has 6 nitrogen and oxygen atoms in total. The molecule has 0 atom stereocenters. The van der Waals surface area contributed by atoms with Crippen LogP contribution in [-0.4, -0.2) is 42.1 Å². The number of nitrogens with zero attached hydrogens (tertiary/aromatic N) is 3. The number of benzene rings is 1. The van der Waals surface area contributed by atoms with Crippen molar-refractivity contribution < 1.29 is 9.47 Å². The van der Waals surface area contributed by atoms with Crippen molar-refractivity contribution in [2.75, 3.05) is 36.5 Å². The summed E-state index contributed by atoms with van der Waals surface area (Å²) >= 11 is 0. The second-order valence-corrected chi connectivity index (χ2v) is 6.78. The molecule has 0 saturated carbocycles. The number of piperidine rings is 1. The van der Waals surface area contributed by atoms with Crippen molar-refractivity contribution in [2.24, 2.45) is 0 Å². The topological polar surface area (TPSA) is 59.5 Å². The largest absolute Gasteiger partial charge is 0.356 e. The quantitative estimate of drug-likeness (QED) is 0.926. The summed E-state index contributed by atoms with van der Waals surface area (Å²) in [4.78, 5) is 11.5. The summed E-state index contributed by atoms with van der Waals surface area (Å²) in [5.74, 6) is 1.23. The Labute approximate surface area is 148 Å². The Balaban J connectivity index is 1.49. The molecule has 1 aromatic heterocycles. The lowest BCUT2D eigenvalue weighted by Crippen LogP contribution is -2.45. The third-order valence-corrected chi connectivity index (χ3v) is 4.81. The third-order valence-electron chi connectivity index (χ3n) is 4.81. The van der Waals surface area contributed by atoms with Gasteiger partial charge in [0.25, 0.3) is 0 Å². The first kappa shape index (κ1) is 16.3. The van der Waals surface area contributed by atoms with Crippen LogP contribution in [0.1, 0.15) is 24.1 Å². The van der Waals surface area contributed by atoms with Crippen LogP contribution in [0.4, 0.5) is 17.5 Å². The van der Waals surface area contributed by atoms with E-state index in [0.717, 1.165) is 43.1 Å². The summed E-state index contributed by atoms with van der Waals surface area (Å²) < 4.78 is 11.6. The zero-order valence-corrected chi connectivity index (χ0v) is 14.8. The molecule has 4 rings (SSSR count). The average Bonchev–Trinajstić information content (AvgIpc) is 3.05. The van der Waals surface area contributed by atoms with Gasteiger partial charge in [-0.15, -0.1) is 0 Å². The lowest BCUT2D eigenvalue weighted by molar-refractivity contribution is -0.169. The van der Waals surface area contributed by atoms with E-state index in [-0.39, 0.29) is 5.79 Å². The summed E-state index contributed by atoms with van der Waals surface area (Å²) in [5, 5.41) is 3.30. The van der Waals surface area contributed by atoms with Crippen molar-refractivity contribution in [2.45, 2.75) is 32.5 Å². The van der Waals surface area contributed by atoms with Crippen molar-refractivity contribution in [1.82, 2.24) is 9.97 Å². The maximum Gasteiger partial charge on any atom is 0.229 e. The number of rotatable bonds is 3. The van der Waals surface area contributed by atoms with Gasteiger partial charge in [0, 0.05) is 43.4 Å². The van der Waals surface area contributed by atoms with Gasteiger partial charge in [0.05, 0.1) is 13.2 Å². The molecule has 1 aromatic carbocycles. The van der Waals surface area contributed by atoms with E-state index in [9.17, 15) is 0 Å². The molecule has 0 unspecified atom stereocenters. The van der Waals surface area contributed by atoms with Crippen LogP contribution in [0.3, 0.4) is 0 Å². The number of ether oxygens (including phenoxy) is 2. The Morgan fingerprint density at radius 3 is 2.36 bits per heavy atom. The SMILES string of the molecule is Cc1ccc(Nc2nc(C)cc(N3CCC4(CC3)OCCO4)n2)cc1. The predicted octanol–water partition coefficient (Wildman–Crippen LogP) is 3.18. The Bertz CT molecular complexity index is 732. The maximum atomic E-state index is 5.81. The molecule has 2 aromatic rings. The molecule has 0 radical (unpaired) electrons. The number of hydrogen-bond donors (Lipinski definition) is 1. The summed E-state index contributed by atoms with van der Waals surface area (Å²) in [5.41, 5.74) is 3.18. The van der Waals surface area contributed by atoms with Gasteiger partial charge in [-0.05, 0) is 26.0 Å². The van der Waals surface area contributed by atoms with E-state index in [1.165, 1.54) is 5.56 Å². The minimum Gasteiger partial charge on any atom is -0.356 e. The lowest BCUT2D eigenvalue weighted by atomic mass is 10.0. The van der Waals surface area contributed by atoms with Crippen LogP contribution < -0.4 is 10.2 Å². The number of aryl methyl sites for hydroxylation is 2. The molecule has 2 fully saturated rings. The highest BCUT2D eigenvalue weighted by atomic mass is 16.7. The van der Waals surface area contributed by atoms with Crippen LogP contribution in [0.25, 0.3) is 0 Å². The second-order valence-electron chi connectivity index (χ2n) is 6.78. The smallest absolute Gasteiger partial charge is 0.229 e. The first-order valence-corrected chi connectivity index (χ1v) is 8.84. The zero-order chi connectivity index (χ0) is 17.3. The maximum absolute atomic E-state index is 5.81. The molecule has 0 bridgehead atoms. The summed E-state index contributed by atoms with van der Waals surface area (Å²) in [6.45, 7) is 7.24. The molecule has 0 aliphatic carbocycles. The third kappa shape index (κ3) is 3.60. The van der Waals surface area contributed by atoms with Crippen LogP contribution in [0.15, 0.2) is 30.3 Å². The van der Waals surface area contributed by atoms with Gasteiger partial charge in [0.15, 0.2) is 5.79 Å². The van der Waals surface area contributed by atoms with Crippen LogP contribution in [0.5, 0.6) is 0 Å². The van der Waals surface area contributed by atoms with Gasteiger partial charge in [-0.25, -0.2) is 4.98 Å². The second kappa shape index (κ2) is 6.61. The Morgan fingerprint density at radius 1 is 1.00 bits per heavy atom. The molecule has 25 heavy (non-hydrogen) atoms. The first-order valence-electron chi connectivity index (χ1n) is 8.84. The van der Waals surface area contributed by atoms with E-state index in [4.69, 9.17) is 14.5 Å². The highest BCUT2D eigenvalue weighted by Gasteiger charge is 2.40. The van der Waals surface area contributed by atoms with Crippen LogP contribution in [-0.2, 0) is 9.47 Å². The fourth-order valence-corrected chi connectivity index (χ4v) is 3.40. The first-order chi connectivity index (χ1) is 12.1. The Hall–Kier alpha value is -2.18. The molecule has 0 amide bonds. The molecule has 1 spiro atoms. The standard InChI is InChI=1S/C19H24N4O2/c1-14-3-5-16(6-4-14)21-18-20-15(2)13-17(22-18)23-9-7-19(8-10-23)24-11-12-25-19/h3-6,13H,7-12H2,1-2H3,(H,20,21,22). The molecule has 2 saturated heterocycles. The average molecular weight is 340 g/mol. The molecular formula is C19H24N4O2. The van der Waals surface area contributed by atoms with Crippen LogP contribution in [0, 0.1) is 13.8 Å². The monoisotopic (exact) mass is 340 g/mol. The summed E-state index contributed by atoms with van der Waals surface area (Å²) in [7, 11) is 0. The van der Waals surface area contributed by atoms with Crippen LogP contribution in [0.2, 0.25) is 0 Å². The lowest BCUT2D eigenvalue weighted by Gasteiger charge is -2.38. The Kier molecular flexibility index (Phi) is 4.31. The predicted molar refractivity (Wildman–Crippen MR) is 97.3 cm³/mol. The molecule has 1 N–H and O–H groups in total. The van der Waals surface area contributed by atoms with Gasteiger partial charge >= 0.3 is 0 Å². The van der Waals surface area contributed by atoms with Crippen molar-refractivity contribution in [3.8, 4) is 0 Å². The molecule has 3 heterocycles. The van der Waals surface area contributed by atoms with Gasteiger partial charge < -0.3 is 19.7 Å². The van der Waals surface area contributed by atoms with Gasteiger partial charge in [-0.3, -0.25) is 0 Å². The molecule has 6 heteroatoms. The number of hydrogen-bond acceptors (Lipinski definition) is 6. The van der Waals surface area contributed by atoms with Crippen molar-refractivity contribution >= 4 is 17.5 Å².